The van der Waals surface area contributed by atoms with Crippen LogP contribution in [0.15, 0.2) is 0 Å². The molecule has 1 fully saturated rings. The predicted octanol–water partition coefficient (Wildman–Crippen LogP) is 0.0261. The summed E-state index contributed by atoms with van der Waals surface area (Å²) >= 11 is 0. The molecule has 1 saturated heterocycles. The summed E-state index contributed by atoms with van der Waals surface area (Å²) in [6, 6.07) is 0. The minimum Gasteiger partial charge on any atom is -0.389 e. The van der Waals surface area contributed by atoms with Gasteiger partial charge >= 0.3 is 0 Å². The molecule has 1 aromatic rings. The maximum Gasteiger partial charge on any atom is 0.226 e. The van der Waals surface area contributed by atoms with E-state index in [2.05, 4.69) is 9.97 Å². The molecular formula is C12H17N3O2. The minimum atomic E-state index is -0.312. The van der Waals surface area contributed by atoms with E-state index in [0.29, 0.717) is 13.1 Å². The molecule has 3 rings (SSSR count). The molecule has 1 aliphatic carbocycles. The van der Waals surface area contributed by atoms with Gasteiger partial charge in [0.2, 0.25) is 5.91 Å². The number of carbonyl (C=O) groups excluding carboxylic acids is 1. The zero-order valence-corrected chi connectivity index (χ0v) is 9.94. The van der Waals surface area contributed by atoms with Crippen LogP contribution in [0.3, 0.4) is 0 Å². The number of aromatic amines is 1. The van der Waals surface area contributed by atoms with Gasteiger partial charge in [0.15, 0.2) is 0 Å². The predicted molar refractivity (Wildman–Crippen MR) is 61.4 cm³/mol. The van der Waals surface area contributed by atoms with E-state index in [1.165, 1.54) is 0 Å². The highest BCUT2D eigenvalue weighted by Crippen LogP contribution is 2.26. The van der Waals surface area contributed by atoms with E-state index in [0.717, 1.165) is 36.5 Å². The summed E-state index contributed by atoms with van der Waals surface area (Å²) in [6.07, 6.45) is 2.21. The number of hydrogen-bond donors (Lipinski definition) is 2. The first-order valence-electron chi connectivity index (χ1n) is 6.14. The Bertz CT molecular complexity index is 449. The van der Waals surface area contributed by atoms with Gasteiger partial charge in [0.1, 0.15) is 5.82 Å². The van der Waals surface area contributed by atoms with E-state index in [1.807, 2.05) is 6.92 Å². The van der Waals surface area contributed by atoms with Gasteiger partial charge in [-0.3, -0.25) is 4.79 Å². The second-order valence-electron chi connectivity index (χ2n) is 5.08. The average molecular weight is 235 g/mol. The topological polar surface area (TPSA) is 69.2 Å². The third-order valence-corrected chi connectivity index (χ3v) is 3.69. The van der Waals surface area contributed by atoms with Gasteiger partial charge in [-0.2, -0.15) is 0 Å². The number of aliphatic hydroxyl groups is 1. The van der Waals surface area contributed by atoms with Crippen LogP contribution in [0.25, 0.3) is 0 Å². The van der Waals surface area contributed by atoms with Crippen LogP contribution in [0.4, 0.5) is 0 Å². The molecular weight excluding hydrogens is 218 g/mol. The summed E-state index contributed by atoms with van der Waals surface area (Å²) in [5.74, 6) is 1.19. The lowest BCUT2D eigenvalue weighted by molar-refractivity contribution is -0.146. The molecule has 1 amide bonds. The highest BCUT2D eigenvalue weighted by molar-refractivity contribution is 5.80. The molecule has 2 N–H and O–H groups in total. The van der Waals surface area contributed by atoms with Crippen molar-refractivity contribution in [1.29, 1.82) is 0 Å². The summed E-state index contributed by atoms with van der Waals surface area (Å²) in [4.78, 5) is 21.5. The van der Waals surface area contributed by atoms with Gasteiger partial charge in [0, 0.05) is 31.1 Å². The zero-order valence-electron chi connectivity index (χ0n) is 9.94. The highest BCUT2D eigenvalue weighted by Gasteiger charge is 2.35. The Morgan fingerprint density at radius 3 is 3.00 bits per heavy atom. The molecule has 2 heterocycles. The summed E-state index contributed by atoms with van der Waals surface area (Å²) in [5.41, 5.74) is 2.24. The number of imidazole rings is 1. The molecule has 0 bridgehead atoms. The van der Waals surface area contributed by atoms with Crippen LogP contribution in [0.1, 0.15) is 23.6 Å². The number of hydrogen-bond acceptors (Lipinski definition) is 3. The maximum atomic E-state index is 12.1. The smallest absolute Gasteiger partial charge is 0.226 e. The number of carbonyl (C=O) groups is 1. The number of aryl methyl sites for hydroxylation is 2. The molecule has 5 heteroatoms. The van der Waals surface area contributed by atoms with E-state index in [4.69, 9.17) is 0 Å². The van der Waals surface area contributed by atoms with Crippen molar-refractivity contribution in [3.05, 3.63) is 17.2 Å². The number of H-pyrrole nitrogens is 1. The van der Waals surface area contributed by atoms with Crippen molar-refractivity contribution >= 4 is 5.91 Å². The Hall–Kier alpha value is -1.36. The fourth-order valence-electron chi connectivity index (χ4n) is 2.73. The third-order valence-electron chi connectivity index (χ3n) is 3.69. The van der Waals surface area contributed by atoms with Crippen LogP contribution in [-0.4, -0.2) is 45.1 Å². The fourth-order valence-corrected chi connectivity index (χ4v) is 2.73. The Balaban J connectivity index is 1.69. The van der Waals surface area contributed by atoms with E-state index in [-0.39, 0.29) is 17.9 Å². The number of fused-ring (bicyclic) bond motifs is 1. The van der Waals surface area contributed by atoms with Gasteiger partial charge in [0.25, 0.3) is 0 Å². The summed E-state index contributed by atoms with van der Waals surface area (Å²) < 4.78 is 0. The van der Waals surface area contributed by atoms with Crippen molar-refractivity contribution < 1.29 is 9.90 Å². The van der Waals surface area contributed by atoms with E-state index in [9.17, 15) is 9.90 Å². The average Bonchev–Trinajstić information content (AvgIpc) is 2.62. The van der Waals surface area contributed by atoms with Crippen molar-refractivity contribution in [3.8, 4) is 0 Å². The Kier molecular flexibility index (Phi) is 2.43. The molecule has 0 radical (unpaired) electrons. The quantitative estimate of drug-likeness (QED) is 0.721. The second-order valence-corrected chi connectivity index (χ2v) is 5.08. The van der Waals surface area contributed by atoms with Crippen molar-refractivity contribution in [1.82, 2.24) is 14.9 Å². The molecule has 0 spiro atoms. The van der Waals surface area contributed by atoms with Crippen LogP contribution < -0.4 is 0 Å². The number of aromatic nitrogens is 2. The Morgan fingerprint density at radius 1 is 1.53 bits per heavy atom. The fraction of sp³-hybridized carbons (Fsp3) is 0.667. The molecule has 5 nitrogen and oxygen atoms in total. The number of nitrogens with one attached hydrogen (secondary N) is 1. The van der Waals surface area contributed by atoms with Crippen LogP contribution in [0, 0.1) is 12.8 Å². The standard InChI is InChI=1S/C12H17N3O2/c1-7-13-10-3-2-8(4-11(10)14-7)12(17)15-5-9(16)6-15/h8-9,16H,2-6H2,1H3,(H,13,14). The Morgan fingerprint density at radius 2 is 2.29 bits per heavy atom. The van der Waals surface area contributed by atoms with E-state index >= 15 is 0 Å². The highest BCUT2D eigenvalue weighted by atomic mass is 16.3. The number of aliphatic hydroxyl groups excluding tert-OH is 1. The summed E-state index contributed by atoms with van der Waals surface area (Å²) in [5, 5.41) is 9.22. The van der Waals surface area contributed by atoms with Crippen molar-refractivity contribution in [2.75, 3.05) is 13.1 Å². The minimum absolute atomic E-state index is 0.0647. The second kappa shape index (κ2) is 3.84. The van der Waals surface area contributed by atoms with Gasteiger partial charge in [-0.25, -0.2) is 4.98 Å². The molecule has 0 saturated carbocycles. The number of likely N-dealkylation sites (tertiary alicyclic amines) is 1. The van der Waals surface area contributed by atoms with Crippen LogP contribution in [-0.2, 0) is 17.6 Å². The molecule has 92 valence electrons. The van der Waals surface area contributed by atoms with Crippen molar-refractivity contribution in [2.45, 2.75) is 32.3 Å². The number of rotatable bonds is 1. The van der Waals surface area contributed by atoms with Gasteiger partial charge < -0.3 is 15.0 Å². The summed E-state index contributed by atoms with van der Waals surface area (Å²) in [7, 11) is 0. The SMILES string of the molecule is Cc1nc2c([nH]1)CC(C(=O)N1CC(O)C1)CC2. The largest absolute Gasteiger partial charge is 0.389 e. The van der Waals surface area contributed by atoms with Gasteiger partial charge in [-0.1, -0.05) is 0 Å². The molecule has 1 aliphatic heterocycles. The normalized spacial score (nSPS) is 24.4. The van der Waals surface area contributed by atoms with E-state index < -0.39 is 0 Å². The molecule has 17 heavy (non-hydrogen) atoms. The first kappa shape index (κ1) is 10.8. The van der Waals surface area contributed by atoms with Crippen LogP contribution in [0.2, 0.25) is 0 Å². The lowest BCUT2D eigenvalue weighted by Crippen LogP contribution is -2.55. The van der Waals surface area contributed by atoms with Gasteiger partial charge in [0.05, 0.1) is 11.8 Å². The third kappa shape index (κ3) is 1.84. The lowest BCUT2D eigenvalue weighted by Gasteiger charge is -2.38. The zero-order chi connectivity index (χ0) is 12.0. The number of amides is 1. The number of nitrogens with zero attached hydrogens (tertiary/aromatic N) is 2. The van der Waals surface area contributed by atoms with Gasteiger partial charge in [-0.15, -0.1) is 0 Å². The van der Waals surface area contributed by atoms with Gasteiger partial charge in [-0.05, 0) is 19.8 Å². The molecule has 1 aromatic heterocycles. The van der Waals surface area contributed by atoms with E-state index in [1.54, 1.807) is 4.90 Å². The van der Waals surface area contributed by atoms with Crippen molar-refractivity contribution in [2.24, 2.45) is 5.92 Å². The maximum absolute atomic E-state index is 12.1. The summed E-state index contributed by atoms with van der Waals surface area (Å²) in [6.45, 7) is 2.95. The molecule has 0 aromatic carbocycles. The first-order valence-corrected chi connectivity index (χ1v) is 6.14. The van der Waals surface area contributed by atoms with Crippen molar-refractivity contribution in [3.63, 3.8) is 0 Å². The number of β-amino-alcohol motifs (C(OH)–C–C–N with tert-alkyl or cyclic N) is 1. The van der Waals surface area contributed by atoms with Crippen LogP contribution in [0.5, 0.6) is 0 Å². The lowest BCUT2D eigenvalue weighted by atomic mass is 9.88. The molecule has 2 aliphatic rings. The molecule has 1 atom stereocenters. The van der Waals surface area contributed by atoms with Crippen LogP contribution >= 0.6 is 0 Å². The molecule has 1 unspecified atom stereocenters. The Labute approximate surface area is 99.8 Å². The first-order chi connectivity index (χ1) is 8.13. The monoisotopic (exact) mass is 235 g/mol.